The quantitative estimate of drug-likeness (QED) is 0.572. The van der Waals surface area contributed by atoms with E-state index in [1.807, 2.05) is 0 Å². The maximum absolute atomic E-state index is 13.2. The van der Waals surface area contributed by atoms with Gasteiger partial charge in [0, 0.05) is 29.6 Å². The van der Waals surface area contributed by atoms with Crippen LogP contribution in [-0.2, 0) is 23.9 Å². The Kier molecular flexibility index (Phi) is 6.33. The first-order chi connectivity index (χ1) is 14.2. The number of aromatic nitrogens is 1. The fourth-order valence-corrected chi connectivity index (χ4v) is 3.22. The Labute approximate surface area is 171 Å². The van der Waals surface area contributed by atoms with E-state index < -0.39 is 23.4 Å². The van der Waals surface area contributed by atoms with Crippen LogP contribution in [0, 0.1) is 0 Å². The number of halogens is 3. The van der Waals surface area contributed by atoms with Crippen LogP contribution in [0.2, 0.25) is 0 Å². The molecule has 0 bridgehead atoms. The van der Waals surface area contributed by atoms with Crippen molar-refractivity contribution >= 4 is 5.97 Å². The summed E-state index contributed by atoms with van der Waals surface area (Å²) >= 11 is 0. The summed E-state index contributed by atoms with van der Waals surface area (Å²) in [5, 5.41) is 21.5. The Morgan fingerprint density at radius 1 is 1.23 bits per heavy atom. The Morgan fingerprint density at radius 2 is 1.97 bits per heavy atom. The topological polar surface area (TPSA) is 91.7 Å². The average molecular weight is 424 g/mol. The van der Waals surface area contributed by atoms with Gasteiger partial charge in [0.25, 0.3) is 0 Å². The lowest BCUT2D eigenvalue weighted by Gasteiger charge is -2.19. The molecule has 0 amide bonds. The van der Waals surface area contributed by atoms with Crippen LogP contribution in [0.25, 0.3) is 11.1 Å². The van der Waals surface area contributed by atoms with Crippen LogP contribution in [0.5, 0.6) is 5.75 Å². The van der Waals surface area contributed by atoms with Crippen LogP contribution in [0.4, 0.5) is 13.2 Å². The summed E-state index contributed by atoms with van der Waals surface area (Å²) in [7, 11) is 1.45. The number of nitrogens with zero attached hydrogens (tertiary/aromatic N) is 1. The minimum atomic E-state index is -4.59. The predicted octanol–water partition coefficient (Wildman–Crippen LogP) is 3.41. The van der Waals surface area contributed by atoms with Crippen molar-refractivity contribution in [1.82, 2.24) is 10.3 Å². The van der Waals surface area contributed by atoms with Gasteiger partial charge < -0.3 is 20.3 Å². The summed E-state index contributed by atoms with van der Waals surface area (Å²) in [5.74, 6) is -0.493. The zero-order valence-corrected chi connectivity index (χ0v) is 16.4. The number of aliphatic hydroxyl groups excluding tert-OH is 1. The SMILES string of the molecule is COc1ccc(CCC(=O)O)cc1-c1ccc(C(F)(F)F)nc1CNC1(CO)CC1. The summed E-state index contributed by atoms with van der Waals surface area (Å²) in [6.07, 6.45) is -2.89. The van der Waals surface area contributed by atoms with E-state index >= 15 is 0 Å². The maximum Gasteiger partial charge on any atom is 0.433 e. The van der Waals surface area contributed by atoms with Gasteiger partial charge in [0.1, 0.15) is 11.4 Å². The van der Waals surface area contributed by atoms with Crippen LogP contribution >= 0.6 is 0 Å². The second-order valence-corrected chi connectivity index (χ2v) is 7.41. The number of methoxy groups -OCH3 is 1. The van der Waals surface area contributed by atoms with Crippen molar-refractivity contribution in [1.29, 1.82) is 0 Å². The third-order valence-electron chi connectivity index (χ3n) is 5.23. The standard InChI is InChI=1S/C21H23F3N2O4/c1-30-17-5-2-13(3-7-19(28)29)10-15(17)14-4-6-18(21(22,23)24)26-16(14)11-25-20(12-27)8-9-20/h2,4-6,10,25,27H,3,7-9,11-12H2,1H3,(H,28,29). The molecule has 0 aliphatic heterocycles. The lowest BCUT2D eigenvalue weighted by Crippen LogP contribution is -2.34. The summed E-state index contributed by atoms with van der Waals surface area (Å²) in [6.45, 7) is -0.0579. The monoisotopic (exact) mass is 424 g/mol. The summed E-state index contributed by atoms with van der Waals surface area (Å²) in [4.78, 5) is 14.7. The third-order valence-corrected chi connectivity index (χ3v) is 5.23. The van der Waals surface area contributed by atoms with Gasteiger partial charge in [-0.05, 0) is 43.0 Å². The number of alkyl halides is 3. The molecule has 1 aromatic carbocycles. The lowest BCUT2D eigenvalue weighted by atomic mass is 9.97. The first-order valence-corrected chi connectivity index (χ1v) is 9.49. The van der Waals surface area contributed by atoms with Gasteiger partial charge >= 0.3 is 12.1 Å². The predicted molar refractivity (Wildman–Crippen MR) is 103 cm³/mol. The molecule has 1 aliphatic rings. The van der Waals surface area contributed by atoms with Crippen molar-refractivity contribution in [3.63, 3.8) is 0 Å². The van der Waals surface area contributed by atoms with Crippen LogP contribution in [-0.4, -0.2) is 40.4 Å². The Bertz CT molecular complexity index is 927. The molecular weight excluding hydrogens is 401 g/mol. The Balaban J connectivity index is 2.02. The second-order valence-electron chi connectivity index (χ2n) is 7.41. The van der Waals surface area contributed by atoms with Crippen molar-refractivity contribution in [3.8, 4) is 16.9 Å². The summed E-state index contributed by atoms with van der Waals surface area (Å²) in [6, 6.07) is 7.38. The molecular formula is C21H23F3N2O4. The average Bonchev–Trinajstić information content (AvgIpc) is 3.50. The van der Waals surface area contributed by atoms with Gasteiger partial charge in [0.05, 0.1) is 19.4 Å². The molecule has 9 heteroatoms. The number of carbonyl (C=O) groups is 1. The van der Waals surface area contributed by atoms with E-state index in [0.29, 0.717) is 16.9 Å². The van der Waals surface area contributed by atoms with Crippen LogP contribution in [0.3, 0.4) is 0 Å². The molecule has 0 saturated heterocycles. The molecule has 2 aromatic rings. The Morgan fingerprint density at radius 3 is 2.53 bits per heavy atom. The van der Waals surface area contributed by atoms with Crippen LogP contribution < -0.4 is 10.1 Å². The highest BCUT2D eigenvalue weighted by molar-refractivity contribution is 5.74. The number of benzene rings is 1. The van der Waals surface area contributed by atoms with Crippen molar-refractivity contribution < 1.29 is 32.9 Å². The molecule has 1 saturated carbocycles. The fourth-order valence-electron chi connectivity index (χ4n) is 3.22. The van der Waals surface area contributed by atoms with Gasteiger partial charge in [-0.3, -0.25) is 4.79 Å². The van der Waals surface area contributed by atoms with E-state index in [-0.39, 0.29) is 31.7 Å². The van der Waals surface area contributed by atoms with E-state index in [1.165, 1.54) is 13.2 Å². The highest BCUT2D eigenvalue weighted by Crippen LogP contribution is 2.38. The van der Waals surface area contributed by atoms with Gasteiger partial charge in [0.15, 0.2) is 0 Å². The molecule has 1 aliphatic carbocycles. The highest BCUT2D eigenvalue weighted by Gasteiger charge is 2.42. The summed E-state index contributed by atoms with van der Waals surface area (Å²) < 4.78 is 45.1. The van der Waals surface area contributed by atoms with Crippen molar-refractivity contribution in [2.24, 2.45) is 0 Å². The van der Waals surface area contributed by atoms with Gasteiger partial charge in [0.2, 0.25) is 0 Å². The van der Waals surface area contributed by atoms with Crippen molar-refractivity contribution in [2.75, 3.05) is 13.7 Å². The third kappa shape index (κ3) is 5.09. The Hall–Kier alpha value is -2.65. The molecule has 1 aromatic heterocycles. The van der Waals surface area contributed by atoms with Crippen molar-refractivity contribution in [3.05, 3.63) is 47.3 Å². The normalized spacial score (nSPS) is 15.1. The minimum absolute atomic E-state index is 0.0440. The number of aliphatic carboxylic acids is 1. The van der Waals surface area contributed by atoms with Gasteiger partial charge in [-0.15, -0.1) is 0 Å². The molecule has 3 rings (SSSR count). The first kappa shape index (κ1) is 22.0. The van der Waals surface area contributed by atoms with Crippen LogP contribution in [0.15, 0.2) is 30.3 Å². The van der Waals surface area contributed by atoms with Gasteiger partial charge in [-0.1, -0.05) is 12.1 Å². The molecule has 162 valence electrons. The van der Waals surface area contributed by atoms with E-state index in [9.17, 15) is 23.1 Å². The number of nitrogens with one attached hydrogen (secondary N) is 1. The molecule has 0 spiro atoms. The van der Waals surface area contributed by atoms with Gasteiger partial charge in [-0.25, -0.2) is 4.98 Å². The smallest absolute Gasteiger partial charge is 0.433 e. The molecule has 0 atom stereocenters. The summed E-state index contributed by atoms with van der Waals surface area (Å²) in [5.41, 5.74) is 0.420. The number of carboxylic acids is 1. The number of hydrogen-bond donors (Lipinski definition) is 3. The molecule has 3 N–H and O–H groups in total. The molecule has 1 fully saturated rings. The molecule has 1 heterocycles. The molecule has 0 radical (unpaired) electrons. The molecule has 6 nitrogen and oxygen atoms in total. The van der Waals surface area contributed by atoms with Gasteiger partial charge in [-0.2, -0.15) is 13.2 Å². The highest BCUT2D eigenvalue weighted by atomic mass is 19.4. The fraction of sp³-hybridized carbons (Fsp3) is 0.429. The number of carboxylic acid groups (broad SMARTS) is 1. The maximum atomic E-state index is 13.2. The van der Waals surface area contributed by atoms with Crippen molar-refractivity contribution in [2.45, 2.75) is 43.9 Å². The van der Waals surface area contributed by atoms with E-state index in [1.54, 1.807) is 18.2 Å². The minimum Gasteiger partial charge on any atom is -0.496 e. The molecule has 30 heavy (non-hydrogen) atoms. The second kappa shape index (κ2) is 8.61. The zero-order valence-electron chi connectivity index (χ0n) is 16.4. The first-order valence-electron chi connectivity index (χ1n) is 9.49. The van der Waals surface area contributed by atoms with E-state index in [4.69, 9.17) is 9.84 Å². The molecule has 0 unspecified atom stereocenters. The number of rotatable bonds is 9. The van der Waals surface area contributed by atoms with E-state index in [2.05, 4.69) is 10.3 Å². The van der Waals surface area contributed by atoms with Crippen LogP contribution in [0.1, 0.15) is 36.2 Å². The number of pyridine rings is 1. The number of hydrogen-bond acceptors (Lipinski definition) is 5. The zero-order chi connectivity index (χ0) is 21.9. The largest absolute Gasteiger partial charge is 0.496 e. The lowest BCUT2D eigenvalue weighted by molar-refractivity contribution is -0.141. The number of aliphatic hydroxyl groups is 1. The number of aryl methyl sites for hydroxylation is 1. The van der Waals surface area contributed by atoms with E-state index in [0.717, 1.165) is 24.5 Å². The number of ether oxygens (including phenoxy) is 1.